The molecule has 1 heterocycles. The fraction of sp³-hybridized carbons (Fsp3) is 0.412. The van der Waals surface area contributed by atoms with E-state index in [9.17, 15) is 4.79 Å². The second kappa shape index (κ2) is 7.17. The molecule has 0 aliphatic rings. The summed E-state index contributed by atoms with van der Waals surface area (Å²) in [7, 11) is 0. The maximum Gasteiger partial charge on any atom is 0.327 e. The Balaban J connectivity index is 2.41. The van der Waals surface area contributed by atoms with Gasteiger partial charge in [-0.1, -0.05) is 35.5 Å². The molecule has 0 saturated carbocycles. The lowest BCUT2D eigenvalue weighted by Crippen LogP contribution is -2.17. The maximum absolute atomic E-state index is 11.8. The summed E-state index contributed by atoms with van der Waals surface area (Å²) in [5.41, 5.74) is 2.09. The molecule has 2 rings (SSSR count). The van der Waals surface area contributed by atoms with Gasteiger partial charge < -0.3 is 4.74 Å². The van der Waals surface area contributed by atoms with Gasteiger partial charge in [0, 0.05) is 11.8 Å². The summed E-state index contributed by atoms with van der Waals surface area (Å²) >= 11 is 0. The highest BCUT2D eigenvalue weighted by molar-refractivity contribution is 5.87. The smallest absolute Gasteiger partial charge is 0.327 e. The third-order valence-corrected chi connectivity index (χ3v) is 2.98. The molecule has 0 amide bonds. The van der Waals surface area contributed by atoms with Crippen LogP contribution in [0.4, 0.5) is 0 Å². The standard InChI is InChI=1S/C17H22N4O2/c1-5-23-15(22)12-21-14(11-18-17(2,3)4)16(19-20-21)13-9-7-6-8-10-13/h6-11H,5,12H2,1-4H3. The second-order valence-electron chi connectivity index (χ2n) is 6.08. The molecular weight excluding hydrogens is 292 g/mol. The number of benzene rings is 1. The number of carbonyl (C=O) groups excluding carboxylic acids is 1. The first-order chi connectivity index (χ1) is 10.9. The summed E-state index contributed by atoms with van der Waals surface area (Å²) in [6.45, 7) is 8.14. The Morgan fingerprint density at radius 1 is 1.30 bits per heavy atom. The number of aromatic nitrogens is 3. The van der Waals surface area contributed by atoms with Crippen molar-refractivity contribution in [1.82, 2.24) is 15.0 Å². The number of rotatable bonds is 5. The maximum atomic E-state index is 11.8. The normalized spacial score (nSPS) is 11.8. The van der Waals surface area contributed by atoms with Gasteiger partial charge in [0.1, 0.15) is 17.9 Å². The first-order valence-electron chi connectivity index (χ1n) is 7.60. The van der Waals surface area contributed by atoms with Gasteiger partial charge >= 0.3 is 5.97 Å². The number of aliphatic imine (C=N–C) groups is 1. The van der Waals surface area contributed by atoms with E-state index in [1.165, 1.54) is 4.68 Å². The van der Waals surface area contributed by atoms with E-state index in [2.05, 4.69) is 15.3 Å². The van der Waals surface area contributed by atoms with Gasteiger partial charge in [0.05, 0.1) is 12.1 Å². The number of nitrogens with zero attached hydrogens (tertiary/aromatic N) is 4. The Labute approximate surface area is 136 Å². The number of hydrogen-bond donors (Lipinski definition) is 0. The van der Waals surface area contributed by atoms with E-state index in [0.717, 1.165) is 5.56 Å². The van der Waals surface area contributed by atoms with Crippen LogP contribution in [0.2, 0.25) is 0 Å². The Morgan fingerprint density at radius 3 is 2.61 bits per heavy atom. The summed E-state index contributed by atoms with van der Waals surface area (Å²) in [6.07, 6.45) is 1.72. The summed E-state index contributed by atoms with van der Waals surface area (Å²) in [4.78, 5) is 16.3. The largest absolute Gasteiger partial charge is 0.465 e. The highest BCUT2D eigenvalue weighted by atomic mass is 16.5. The van der Waals surface area contributed by atoms with Crippen LogP contribution in [0.25, 0.3) is 11.3 Å². The topological polar surface area (TPSA) is 69.4 Å². The molecule has 2 aromatic rings. The van der Waals surface area contributed by atoms with Gasteiger partial charge in [-0.05, 0) is 27.7 Å². The first-order valence-corrected chi connectivity index (χ1v) is 7.60. The van der Waals surface area contributed by atoms with Crippen molar-refractivity contribution in [1.29, 1.82) is 0 Å². The van der Waals surface area contributed by atoms with Crippen LogP contribution in [-0.4, -0.2) is 39.3 Å². The van der Waals surface area contributed by atoms with Gasteiger partial charge in [0.2, 0.25) is 0 Å². The fourth-order valence-corrected chi connectivity index (χ4v) is 1.95. The van der Waals surface area contributed by atoms with Crippen LogP contribution in [0, 0.1) is 0 Å². The molecule has 0 atom stereocenters. The van der Waals surface area contributed by atoms with Gasteiger partial charge in [0.15, 0.2) is 0 Å². The Kier molecular flexibility index (Phi) is 5.26. The summed E-state index contributed by atoms with van der Waals surface area (Å²) in [6, 6.07) is 9.71. The van der Waals surface area contributed by atoms with Gasteiger partial charge in [-0.25, -0.2) is 4.68 Å². The zero-order chi connectivity index (χ0) is 16.9. The van der Waals surface area contributed by atoms with E-state index in [1.807, 2.05) is 51.1 Å². The average molecular weight is 314 g/mol. The van der Waals surface area contributed by atoms with Crippen molar-refractivity contribution in [2.45, 2.75) is 39.8 Å². The Bertz CT molecular complexity index is 684. The zero-order valence-corrected chi connectivity index (χ0v) is 14.0. The van der Waals surface area contributed by atoms with Crippen molar-refractivity contribution in [2.75, 3.05) is 6.61 Å². The minimum absolute atomic E-state index is 0.0131. The van der Waals surface area contributed by atoms with Crippen molar-refractivity contribution in [3.63, 3.8) is 0 Å². The predicted octanol–water partition coefficient (Wildman–Crippen LogP) is 2.73. The molecule has 0 unspecified atom stereocenters. The van der Waals surface area contributed by atoms with Gasteiger partial charge in [-0.3, -0.25) is 9.79 Å². The molecule has 0 bridgehead atoms. The lowest BCUT2D eigenvalue weighted by atomic mass is 10.1. The van der Waals surface area contributed by atoms with Crippen LogP contribution in [-0.2, 0) is 16.1 Å². The summed E-state index contributed by atoms with van der Waals surface area (Å²) in [5, 5.41) is 8.30. The monoisotopic (exact) mass is 314 g/mol. The van der Waals surface area contributed by atoms with Crippen molar-refractivity contribution < 1.29 is 9.53 Å². The molecule has 23 heavy (non-hydrogen) atoms. The van der Waals surface area contributed by atoms with Gasteiger partial charge in [-0.2, -0.15) is 0 Å². The van der Waals surface area contributed by atoms with Crippen LogP contribution in [0.15, 0.2) is 35.3 Å². The van der Waals surface area contributed by atoms with Crippen LogP contribution >= 0.6 is 0 Å². The molecule has 122 valence electrons. The van der Waals surface area contributed by atoms with E-state index >= 15 is 0 Å². The van der Waals surface area contributed by atoms with Crippen molar-refractivity contribution >= 4 is 12.2 Å². The quantitative estimate of drug-likeness (QED) is 0.628. The van der Waals surface area contributed by atoms with Crippen LogP contribution in [0.5, 0.6) is 0 Å². The number of carbonyl (C=O) groups is 1. The van der Waals surface area contributed by atoms with E-state index < -0.39 is 0 Å². The SMILES string of the molecule is CCOC(=O)Cn1nnc(-c2ccccc2)c1C=NC(C)(C)C. The number of hydrogen-bond acceptors (Lipinski definition) is 5. The molecule has 0 spiro atoms. The number of esters is 1. The first kappa shape index (κ1) is 16.9. The molecular formula is C17H22N4O2. The molecule has 6 heteroatoms. The minimum atomic E-state index is -0.345. The molecule has 6 nitrogen and oxygen atoms in total. The molecule has 1 aromatic heterocycles. The Morgan fingerprint density at radius 2 is 2.00 bits per heavy atom. The molecule has 0 N–H and O–H groups in total. The molecule has 0 radical (unpaired) electrons. The molecule has 1 aromatic carbocycles. The van der Waals surface area contributed by atoms with Crippen molar-refractivity contribution in [3.8, 4) is 11.3 Å². The van der Waals surface area contributed by atoms with Crippen molar-refractivity contribution in [2.24, 2.45) is 4.99 Å². The zero-order valence-electron chi connectivity index (χ0n) is 14.0. The molecule has 0 aliphatic heterocycles. The van der Waals surface area contributed by atoms with Crippen LogP contribution < -0.4 is 0 Å². The average Bonchev–Trinajstić information content (AvgIpc) is 2.88. The molecule has 0 saturated heterocycles. The highest BCUT2D eigenvalue weighted by Crippen LogP contribution is 2.20. The van der Waals surface area contributed by atoms with E-state index in [0.29, 0.717) is 18.0 Å². The Hall–Kier alpha value is -2.50. The van der Waals surface area contributed by atoms with E-state index in [1.54, 1.807) is 13.1 Å². The number of ether oxygens (including phenoxy) is 1. The summed E-state index contributed by atoms with van der Waals surface area (Å²) in [5.74, 6) is -0.345. The lowest BCUT2D eigenvalue weighted by Gasteiger charge is -2.11. The third-order valence-electron chi connectivity index (χ3n) is 2.98. The van der Waals surface area contributed by atoms with Gasteiger partial charge in [-0.15, -0.1) is 5.10 Å². The molecule has 0 aliphatic carbocycles. The predicted molar refractivity (Wildman–Crippen MR) is 89.4 cm³/mol. The lowest BCUT2D eigenvalue weighted by molar-refractivity contribution is -0.144. The summed E-state index contributed by atoms with van der Waals surface area (Å²) < 4.78 is 6.51. The molecule has 0 fully saturated rings. The van der Waals surface area contributed by atoms with Crippen molar-refractivity contribution in [3.05, 3.63) is 36.0 Å². The third kappa shape index (κ3) is 4.74. The van der Waals surface area contributed by atoms with E-state index in [-0.39, 0.29) is 18.1 Å². The van der Waals surface area contributed by atoms with Crippen LogP contribution in [0.3, 0.4) is 0 Å². The second-order valence-corrected chi connectivity index (χ2v) is 6.08. The minimum Gasteiger partial charge on any atom is -0.465 e. The van der Waals surface area contributed by atoms with E-state index in [4.69, 9.17) is 4.74 Å². The van der Waals surface area contributed by atoms with Crippen LogP contribution in [0.1, 0.15) is 33.4 Å². The fourth-order valence-electron chi connectivity index (χ4n) is 1.95. The van der Waals surface area contributed by atoms with Gasteiger partial charge in [0.25, 0.3) is 0 Å². The highest BCUT2D eigenvalue weighted by Gasteiger charge is 2.17.